The summed E-state index contributed by atoms with van der Waals surface area (Å²) in [4.78, 5) is 2.27. The average Bonchev–Trinajstić information content (AvgIpc) is 2.53. The third-order valence-corrected chi connectivity index (χ3v) is 3.24. The molecule has 1 aliphatic rings. The number of ether oxygens (including phenoxy) is 1. The Morgan fingerprint density at radius 1 is 1.35 bits per heavy atom. The molecule has 0 bridgehead atoms. The van der Waals surface area contributed by atoms with E-state index in [-0.39, 0.29) is 0 Å². The first-order valence-corrected chi connectivity index (χ1v) is 6.48. The van der Waals surface area contributed by atoms with E-state index in [2.05, 4.69) is 10.1 Å². The number of hydrogen-bond acceptors (Lipinski definition) is 5. The van der Waals surface area contributed by atoms with Crippen LogP contribution >= 0.6 is 0 Å². The predicted octanol–water partition coefficient (Wildman–Crippen LogP) is 2.28. The number of morpholine rings is 1. The molecule has 0 aromatic heterocycles. The number of nitrogens with zero attached hydrogens (tertiary/aromatic N) is 3. The standard InChI is InChI=1S/C15H17N3O2/c1-12(17-19)14(11-16)10-13-2-4-15(5-3-13)18-6-8-20-9-7-18/h2-5,10,19H,6-9H2,1H3/b14-10-,17-12+. The van der Waals surface area contributed by atoms with Crippen molar-refractivity contribution in [3.8, 4) is 6.07 Å². The van der Waals surface area contributed by atoms with E-state index in [4.69, 9.17) is 15.2 Å². The van der Waals surface area contributed by atoms with Crippen molar-refractivity contribution in [2.75, 3.05) is 31.2 Å². The molecule has 0 unspecified atom stereocenters. The van der Waals surface area contributed by atoms with E-state index in [0.717, 1.165) is 37.6 Å². The molecule has 0 aliphatic carbocycles. The number of allylic oxidation sites excluding steroid dienone is 1. The molecule has 1 N–H and O–H groups in total. The van der Waals surface area contributed by atoms with Crippen LogP contribution in [-0.2, 0) is 4.74 Å². The summed E-state index contributed by atoms with van der Waals surface area (Å²) in [6.45, 7) is 4.90. The van der Waals surface area contributed by atoms with Gasteiger partial charge < -0.3 is 14.8 Å². The van der Waals surface area contributed by atoms with E-state index in [9.17, 15) is 0 Å². The van der Waals surface area contributed by atoms with Gasteiger partial charge in [-0.1, -0.05) is 17.3 Å². The maximum Gasteiger partial charge on any atom is 0.101 e. The van der Waals surface area contributed by atoms with Crippen molar-refractivity contribution >= 4 is 17.5 Å². The van der Waals surface area contributed by atoms with Crippen LogP contribution < -0.4 is 4.90 Å². The fourth-order valence-electron chi connectivity index (χ4n) is 2.04. The largest absolute Gasteiger partial charge is 0.411 e. The molecule has 20 heavy (non-hydrogen) atoms. The Hall–Kier alpha value is -2.32. The van der Waals surface area contributed by atoms with Crippen LogP contribution in [0.5, 0.6) is 0 Å². The van der Waals surface area contributed by atoms with E-state index < -0.39 is 0 Å². The summed E-state index contributed by atoms with van der Waals surface area (Å²) in [5.74, 6) is 0. The van der Waals surface area contributed by atoms with Crippen LogP contribution in [0.4, 0.5) is 5.69 Å². The quantitative estimate of drug-likeness (QED) is 0.396. The molecular formula is C15H17N3O2. The fraction of sp³-hybridized carbons (Fsp3) is 0.333. The Labute approximate surface area is 118 Å². The van der Waals surface area contributed by atoms with Gasteiger partial charge in [-0.15, -0.1) is 0 Å². The van der Waals surface area contributed by atoms with E-state index in [1.54, 1.807) is 13.0 Å². The van der Waals surface area contributed by atoms with Gasteiger partial charge in [0.1, 0.15) is 6.07 Å². The highest BCUT2D eigenvalue weighted by atomic mass is 16.5. The van der Waals surface area contributed by atoms with Crippen molar-refractivity contribution in [2.24, 2.45) is 5.16 Å². The summed E-state index contributed by atoms with van der Waals surface area (Å²) in [5.41, 5.74) is 2.72. The molecule has 0 saturated carbocycles. The van der Waals surface area contributed by atoms with Gasteiger partial charge >= 0.3 is 0 Å². The lowest BCUT2D eigenvalue weighted by Crippen LogP contribution is -2.36. The van der Waals surface area contributed by atoms with Crippen LogP contribution in [0.15, 0.2) is 35.0 Å². The van der Waals surface area contributed by atoms with E-state index >= 15 is 0 Å². The van der Waals surface area contributed by atoms with Crippen LogP contribution in [-0.4, -0.2) is 37.2 Å². The molecule has 1 aromatic rings. The fourth-order valence-corrected chi connectivity index (χ4v) is 2.04. The molecular weight excluding hydrogens is 254 g/mol. The molecule has 1 heterocycles. The van der Waals surface area contributed by atoms with Crippen LogP contribution in [0.25, 0.3) is 6.08 Å². The lowest BCUT2D eigenvalue weighted by molar-refractivity contribution is 0.122. The summed E-state index contributed by atoms with van der Waals surface area (Å²) in [7, 11) is 0. The normalized spacial score (nSPS) is 16.9. The Bertz CT molecular complexity index is 549. The molecule has 0 amide bonds. The maximum atomic E-state index is 9.01. The van der Waals surface area contributed by atoms with E-state index in [1.807, 2.05) is 30.3 Å². The van der Waals surface area contributed by atoms with E-state index in [1.165, 1.54) is 0 Å². The second-order valence-electron chi connectivity index (χ2n) is 4.55. The van der Waals surface area contributed by atoms with Crippen LogP contribution in [0.3, 0.4) is 0 Å². The van der Waals surface area contributed by atoms with Crippen molar-refractivity contribution < 1.29 is 9.94 Å². The zero-order valence-electron chi connectivity index (χ0n) is 11.4. The minimum absolute atomic E-state index is 0.310. The van der Waals surface area contributed by atoms with Crippen LogP contribution in [0.2, 0.25) is 0 Å². The van der Waals surface area contributed by atoms with Gasteiger partial charge in [0.15, 0.2) is 0 Å². The second kappa shape index (κ2) is 6.73. The van der Waals surface area contributed by atoms with Gasteiger partial charge in [0.05, 0.1) is 24.5 Å². The summed E-state index contributed by atoms with van der Waals surface area (Å²) < 4.78 is 5.33. The molecule has 1 aliphatic heterocycles. The van der Waals surface area contributed by atoms with Crippen molar-refractivity contribution in [1.29, 1.82) is 5.26 Å². The minimum Gasteiger partial charge on any atom is -0.411 e. The topological polar surface area (TPSA) is 68.9 Å². The van der Waals surface area contributed by atoms with Gasteiger partial charge in [-0.05, 0) is 30.7 Å². The molecule has 5 nitrogen and oxygen atoms in total. The van der Waals surface area contributed by atoms with Crippen LogP contribution in [0.1, 0.15) is 12.5 Å². The van der Waals surface area contributed by atoms with E-state index in [0.29, 0.717) is 11.3 Å². The lowest BCUT2D eigenvalue weighted by atomic mass is 10.1. The summed E-state index contributed by atoms with van der Waals surface area (Å²) in [5, 5.41) is 20.8. The Kier molecular flexibility index (Phi) is 4.75. The second-order valence-corrected chi connectivity index (χ2v) is 4.55. The first-order valence-electron chi connectivity index (χ1n) is 6.48. The Morgan fingerprint density at radius 2 is 2.00 bits per heavy atom. The zero-order valence-corrected chi connectivity index (χ0v) is 11.4. The number of benzene rings is 1. The number of rotatable bonds is 3. The smallest absolute Gasteiger partial charge is 0.101 e. The summed E-state index contributed by atoms with van der Waals surface area (Å²) >= 11 is 0. The first kappa shape index (κ1) is 14.1. The Morgan fingerprint density at radius 3 is 2.55 bits per heavy atom. The zero-order chi connectivity index (χ0) is 14.4. The number of hydrogen-bond donors (Lipinski definition) is 1. The van der Waals surface area contributed by atoms with Crippen LogP contribution in [0, 0.1) is 11.3 Å². The molecule has 5 heteroatoms. The third kappa shape index (κ3) is 3.37. The predicted molar refractivity (Wildman–Crippen MR) is 78.0 cm³/mol. The summed E-state index contributed by atoms with van der Waals surface area (Å²) in [6.07, 6.45) is 1.71. The van der Waals surface area contributed by atoms with Gasteiger partial charge in [0.2, 0.25) is 0 Å². The maximum absolute atomic E-state index is 9.01. The van der Waals surface area contributed by atoms with Gasteiger partial charge in [0.25, 0.3) is 0 Å². The van der Waals surface area contributed by atoms with Gasteiger partial charge in [0, 0.05) is 18.8 Å². The highest BCUT2D eigenvalue weighted by Crippen LogP contribution is 2.18. The molecule has 1 saturated heterocycles. The molecule has 0 radical (unpaired) electrons. The molecule has 2 rings (SSSR count). The SMILES string of the molecule is CC(=N\O)/C(C#N)=C\c1ccc(N2CCOCC2)cc1. The first-order chi connectivity index (χ1) is 9.74. The number of oxime groups is 1. The molecule has 104 valence electrons. The number of nitriles is 1. The highest BCUT2D eigenvalue weighted by Gasteiger charge is 2.10. The molecule has 0 atom stereocenters. The van der Waals surface area contributed by atoms with Gasteiger partial charge in [-0.3, -0.25) is 0 Å². The summed E-state index contributed by atoms with van der Waals surface area (Å²) in [6, 6.07) is 9.98. The lowest BCUT2D eigenvalue weighted by Gasteiger charge is -2.28. The highest BCUT2D eigenvalue weighted by molar-refractivity contribution is 6.05. The minimum atomic E-state index is 0.310. The monoisotopic (exact) mass is 271 g/mol. The Balaban J connectivity index is 2.15. The van der Waals surface area contributed by atoms with Crippen molar-refractivity contribution in [3.63, 3.8) is 0 Å². The molecule has 1 aromatic carbocycles. The number of anilines is 1. The van der Waals surface area contributed by atoms with Crippen molar-refractivity contribution in [3.05, 3.63) is 35.4 Å². The van der Waals surface area contributed by atoms with Gasteiger partial charge in [-0.25, -0.2) is 0 Å². The van der Waals surface area contributed by atoms with Gasteiger partial charge in [-0.2, -0.15) is 5.26 Å². The average molecular weight is 271 g/mol. The third-order valence-electron chi connectivity index (χ3n) is 3.24. The molecule has 1 fully saturated rings. The van der Waals surface area contributed by atoms with Crippen molar-refractivity contribution in [2.45, 2.75) is 6.92 Å². The van der Waals surface area contributed by atoms with Crippen molar-refractivity contribution in [1.82, 2.24) is 0 Å². The molecule has 0 spiro atoms.